The molecule has 1 saturated carbocycles. The molecule has 0 atom stereocenters. The Kier molecular flexibility index (Phi) is 4.75. The van der Waals surface area contributed by atoms with Crippen LogP contribution in [0.3, 0.4) is 0 Å². The highest BCUT2D eigenvalue weighted by Gasteiger charge is 2.26. The number of hydrogen-bond acceptors (Lipinski definition) is 4. The molecule has 2 rings (SSSR count). The monoisotopic (exact) mass is 314 g/mol. The van der Waals surface area contributed by atoms with Gasteiger partial charge in [0.05, 0.1) is 11.4 Å². The maximum absolute atomic E-state index is 12.5. The van der Waals surface area contributed by atoms with Gasteiger partial charge in [-0.1, -0.05) is 20.8 Å². The van der Waals surface area contributed by atoms with E-state index in [0.717, 1.165) is 19.3 Å². The van der Waals surface area contributed by atoms with Crippen LogP contribution in [0.2, 0.25) is 0 Å². The average Bonchev–Trinajstić information content (AvgIpc) is 3.07. The van der Waals surface area contributed by atoms with Gasteiger partial charge in [0.15, 0.2) is 0 Å². The number of nitrogens with zero attached hydrogens (tertiary/aromatic N) is 1. The average molecular weight is 314 g/mol. The van der Waals surface area contributed by atoms with E-state index < -0.39 is 10.0 Å². The molecular weight excluding hydrogens is 288 g/mol. The lowest BCUT2D eigenvalue weighted by Gasteiger charge is -2.18. The first kappa shape index (κ1) is 16.5. The number of sulfonamides is 1. The summed E-state index contributed by atoms with van der Waals surface area (Å²) in [5, 5.41) is 10.2. The molecule has 7 heteroatoms. The summed E-state index contributed by atoms with van der Waals surface area (Å²) in [6.07, 6.45) is 3.11. The molecule has 1 aliphatic rings. The predicted molar refractivity (Wildman–Crippen MR) is 82.4 cm³/mol. The number of aryl methyl sites for hydroxylation is 1. The summed E-state index contributed by atoms with van der Waals surface area (Å²) in [6, 6.07) is 0.520. The summed E-state index contributed by atoms with van der Waals surface area (Å²) in [5.41, 5.74) is 1.26. The first-order valence-electron chi connectivity index (χ1n) is 7.46. The highest BCUT2D eigenvalue weighted by atomic mass is 32.2. The van der Waals surface area contributed by atoms with Gasteiger partial charge in [-0.15, -0.1) is 0 Å². The van der Waals surface area contributed by atoms with Crippen molar-refractivity contribution in [2.75, 3.05) is 6.54 Å². The SMILES string of the molecule is Cc1[nH]nc(CNC2CC2)c1S(=O)(=O)NCCC(C)(C)C. The Morgan fingerprint density at radius 1 is 1.33 bits per heavy atom. The van der Waals surface area contributed by atoms with E-state index in [2.05, 4.69) is 41.0 Å². The second-order valence-corrected chi connectivity index (χ2v) is 8.69. The number of nitrogens with one attached hydrogen (secondary N) is 3. The molecule has 1 heterocycles. The van der Waals surface area contributed by atoms with E-state index in [1.54, 1.807) is 6.92 Å². The van der Waals surface area contributed by atoms with E-state index in [4.69, 9.17) is 0 Å². The van der Waals surface area contributed by atoms with E-state index in [0.29, 0.717) is 35.4 Å². The lowest BCUT2D eigenvalue weighted by molar-refractivity contribution is 0.378. The van der Waals surface area contributed by atoms with Gasteiger partial charge in [-0.05, 0) is 31.6 Å². The van der Waals surface area contributed by atoms with Crippen molar-refractivity contribution >= 4 is 10.0 Å². The summed E-state index contributed by atoms with van der Waals surface area (Å²) in [5.74, 6) is 0. The fourth-order valence-electron chi connectivity index (χ4n) is 2.11. The molecule has 1 fully saturated rings. The Morgan fingerprint density at radius 2 is 2.00 bits per heavy atom. The summed E-state index contributed by atoms with van der Waals surface area (Å²) >= 11 is 0. The summed E-state index contributed by atoms with van der Waals surface area (Å²) in [6.45, 7) is 8.95. The molecule has 0 unspecified atom stereocenters. The standard InChI is InChI=1S/C14H26N4O2S/c1-10-13(12(18-17-10)9-15-11-5-6-11)21(19,20)16-8-7-14(2,3)4/h11,15-16H,5-9H2,1-4H3,(H,17,18). The van der Waals surface area contributed by atoms with Gasteiger partial charge in [-0.3, -0.25) is 5.10 Å². The van der Waals surface area contributed by atoms with Crippen LogP contribution in [0, 0.1) is 12.3 Å². The summed E-state index contributed by atoms with van der Waals surface area (Å²) in [4.78, 5) is 0.296. The van der Waals surface area contributed by atoms with Crippen LogP contribution >= 0.6 is 0 Å². The maximum atomic E-state index is 12.5. The maximum Gasteiger partial charge on any atom is 0.244 e. The van der Waals surface area contributed by atoms with E-state index in [1.165, 1.54) is 0 Å². The minimum Gasteiger partial charge on any atom is -0.308 e. The van der Waals surface area contributed by atoms with Crippen molar-refractivity contribution in [1.29, 1.82) is 0 Å². The highest BCUT2D eigenvalue weighted by Crippen LogP contribution is 2.22. The molecule has 3 N–H and O–H groups in total. The molecule has 1 aromatic rings. The van der Waals surface area contributed by atoms with Crippen LogP contribution in [-0.4, -0.2) is 31.2 Å². The summed E-state index contributed by atoms with van der Waals surface area (Å²) < 4.78 is 27.7. The summed E-state index contributed by atoms with van der Waals surface area (Å²) in [7, 11) is -3.51. The quantitative estimate of drug-likeness (QED) is 0.715. The fraction of sp³-hybridized carbons (Fsp3) is 0.786. The van der Waals surface area contributed by atoms with Gasteiger partial charge in [-0.2, -0.15) is 5.10 Å². The Labute approximate surface area is 127 Å². The Morgan fingerprint density at radius 3 is 2.57 bits per heavy atom. The molecule has 0 saturated heterocycles. The van der Waals surface area contributed by atoms with Gasteiger partial charge in [0.25, 0.3) is 0 Å². The molecule has 0 aliphatic heterocycles. The van der Waals surface area contributed by atoms with Gasteiger partial charge in [0.2, 0.25) is 10.0 Å². The number of rotatable bonds is 7. The number of H-pyrrole nitrogens is 1. The zero-order chi connectivity index (χ0) is 15.7. The normalized spacial score (nSPS) is 16.4. The predicted octanol–water partition coefficient (Wildman–Crippen LogP) is 1.68. The molecule has 21 heavy (non-hydrogen) atoms. The highest BCUT2D eigenvalue weighted by molar-refractivity contribution is 7.89. The van der Waals surface area contributed by atoms with E-state index in [9.17, 15) is 8.42 Å². The molecular formula is C14H26N4O2S. The molecule has 0 bridgehead atoms. The van der Waals surface area contributed by atoms with Crippen molar-refractivity contribution in [1.82, 2.24) is 20.2 Å². The Hall–Kier alpha value is -0.920. The molecule has 0 amide bonds. The number of aromatic amines is 1. The van der Waals surface area contributed by atoms with E-state index in [1.807, 2.05) is 0 Å². The first-order chi connectivity index (χ1) is 9.69. The minimum atomic E-state index is -3.51. The Bertz CT molecular complexity index is 583. The van der Waals surface area contributed by atoms with Crippen LogP contribution in [0.1, 0.15) is 51.4 Å². The third-order valence-electron chi connectivity index (χ3n) is 3.53. The van der Waals surface area contributed by atoms with Gasteiger partial charge < -0.3 is 5.32 Å². The molecule has 0 spiro atoms. The van der Waals surface area contributed by atoms with Gasteiger partial charge in [0, 0.05) is 19.1 Å². The van der Waals surface area contributed by atoms with Gasteiger partial charge in [-0.25, -0.2) is 13.1 Å². The fourth-order valence-corrected chi connectivity index (χ4v) is 3.50. The smallest absolute Gasteiger partial charge is 0.244 e. The van der Waals surface area contributed by atoms with Gasteiger partial charge >= 0.3 is 0 Å². The van der Waals surface area contributed by atoms with Crippen molar-refractivity contribution in [2.45, 2.75) is 64.4 Å². The molecule has 0 aromatic carbocycles. The molecule has 1 aromatic heterocycles. The number of hydrogen-bond donors (Lipinski definition) is 3. The lowest BCUT2D eigenvalue weighted by Crippen LogP contribution is -2.29. The van der Waals surface area contributed by atoms with E-state index >= 15 is 0 Å². The Balaban J connectivity index is 2.05. The molecule has 120 valence electrons. The van der Waals surface area contributed by atoms with Crippen molar-refractivity contribution in [2.24, 2.45) is 5.41 Å². The zero-order valence-corrected chi connectivity index (χ0v) is 14.1. The topological polar surface area (TPSA) is 86.9 Å². The van der Waals surface area contributed by atoms with Gasteiger partial charge in [0.1, 0.15) is 4.90 Å². The third-order valence-corrected chi connectivity index (χ3v) is 5.20. The largest absolute Gasteiger partial charge is 0.308 e. The first-order valence-corrected chi connectivity index (χ1v) is 8.94. The van der Waals surface area contributed by atoms with Crippen LogP contribution < -0.4 is 10.0 Å². The second kappa shape index (κ2) is 6.06. The van der Waals surface area contributed by atoms with E-state index in [-0.39, 0.29) is 5.41 Å². The van der Waals surface area contributed by atoms with Crippen LogP contribution in [0.15, 0.2) is 4.90 Å². The van der Waals surface area contributed by atoms with Crippen LogP contribution in [0.5, 0.6) is 0 Å². The lowest BCUT2D eigenvalue weighted by atomic mass is 9.93. The minimum absolute atomic E-state index is 0.102. The number of aromatic nitrogens is 2. The van der Waals surface area contributed by atoms with Crippen molar-refractivity contribution in [3.05, 3.63) is 11.4 Å². The second-order valence-electron chi connectivity index (χ2n) is 6.99. The van der Waals surface area contributed by atoms with Crippen molar-refractivity contribution in [3.63, 3.8) is 0 Å². The zero-order valence-electron chi connectivity index (χ0n) is 13.3. The van der Waals surface area contributed by atoms with Crippen LogP contribution in [0.4, 0.5) is 0 Å². The van der Waals surface area contributed by atoms with Crippen molar-refractivity contribution < 1.29 is 8.42 Å². The molecule has 0 radical (unpaired) electrons. The third kappa shape index (κ3) is 4.79. The molecule has 6 nitrogen and oxygen atoms in total. The van der Waals surface area contributed by atoms with Crippen LogP contribution in [0.25, 0.3) is 0 Å². The molecule has 1 aliphatic carbocycles. The van der Waals surface area contributed by atoms with Crippen LogP contribution in [-0.2, 0) is 16.6 Å². The van der Waals surface area contributed by atoms with Crippen molar-refractivity contribution in [3.8, 4) is 0 Å².